The quantitative estimate of drug-likeness (QED) is 0.811. The second-order valence-electron chi connectivity index (χ2n) is 3.40. The molecule has 0 aliphatic rings. The number of aromatic amines is 1. The molecule has 0 aliphatic carbocycles. The summed E-state index contributed by atoms with van der Waals surface area (Å²) in [6, 6.07) is 7.53. The molecule has 2 rings (SSSR count). The maximum absolute atomic E-state index is 12.7. The van der Waals surface area contributed by atoms with E-state index >= 15 is 0 Å². The van der Waals surface area contributed by atoms with Gasteiger partial charge in [-0.15, -0.1) is 0 Å². The number of hydrogen-bond acceptors (Lipinski definition) is 3. The lowest BCUT2D eigenvalue weighted by Crippen LogP contribution is -2.13. The Morgan fingerprint density at radius 1 is 1.31 bits per heavy atom. The fraction of sp³-hybridized carbons (Fsp3) is 0.0909. The number of rotatable bonds is 2. The molecule has 0 bridgehead atoms. The van der Waals surface area contributed by atoms with E-state index in [4.69, 9.17) is 0 Å². The van der Waals surface area contributed by atoms with Gasteiger partial charge in [0.2, 0.25) is 11.8 Å². The smallest absolute Gasteiger partial charge is 0.288 e. The SMILES string of the molecule is Cc1ccc(Nc2ncc(F)c(=O)[nH]2)cc1. The van der Waals surface area contributed by atoms with Crippen LogP contribution in [-0.4, -0.2) is 9.97 Å². The summed E-state index contributed by atoms with van der Waals surface area (Å²) < 4.78 is 12.7. The minimum atomic E-state index is -0.894. The Bertz CT molecular complexity index is 548. The van der Waals surface area contributed by atoms with E-state index in [0.717, 1.165) is 17.4 Å². The Morgan fingerprint density at radius 2 is 2.00 bits per heavy atom. The summed E-state index contributed by atoms with van der Waals surface area (Å²) in [5, 5.41) is 2.87. The molecule has 0 amide bonds. The lowest BCUT2D eigenvalue weighted by Gasteiger charge is -2.04. The van der Waals surface area contributed by atoms with Crippen LogP contribution in [0.4, 0.5) is 16.0 Å². The van der Waals surface area contributed by atoms with Gasteiger partial charge in [0.15, 0.2) is 0 Å². The summed E-state index contributed by atoms with van der Waals surface area (Å²) in [4.78, 5) is 17.0. The number of halogens is 1. The largest absolute Gasteiger partial charge is 0.326 e. The number of H-pyrrole nitrogens is 1. The topological polar surface area (TPSA) is 57.8 Å². The molecule has 0 aliphatic heterocycles. The molecule has 0 radical (unpaired) electrons. The zero-order valence-electron chi connectivity index (χ0n) is 8.62. The molecule has 0 spiro atoms. The van der Waals surface area contributed by atoms with Crippen LogP contribution in [-0.2, 0) is 0 Å². The Labute approximate surface area is 91.2 Å². The van der Waals surface area contributed by atoms with E-state index in [1.54, 1.807) is 0 Å². The summed E-state index contributed by atoms with van der Waals surface area (Å²) in [7, 11) is 0. The molecule has 0 saturated carbocycles. The fourth-order valence-electron chi connectivity index (χ4n) is 1.22. The third-order valence-electron chi connectivity index (χ3n) is 2.07. The van der Waals surface area contributed by atoms with Crippen LogP contribution in [0.3, 0.4) is 0 Å². The summed E-state index contributed by atoms with van der Waals surface area (Å²) in [5.41, 5.74) is 1.12. The third kappa shape index (κ3) is 2.25. The van der Waals surface area contributed by atoms with Crippen LogP contribution >= 0.6 is 0 Å². The van der Waals surface area contributed by atoms with Gasteiger partial charge in [-0.05, 0) is 19.1 Å². The number of aromatic nitrogens is 2. The highest BCUT2D eigenvalue weighted by Crippen LogP contribution is 2.12. The molecular formula is C11H10FN3O. The molecule has 5 heteroatoms. The van der Waals surface area contributed by atoms with Crippen molar-refractivity contribution in [2.45, 2.75) is 6.92 Å². The van der Waals surface area contributed by atoms with Gasteiger partial charge >= 0.3 is 0 Å². The number of benzene rings is 1. The first-order valence-corrected chi connectivity index (χ1v) is 4.73. The summed E-state index contributed by atoms with van der Waals surface area (Å²) in [6.07, 6.45) is 0.884. The van der Waals surface area contributed by atoms with E-state index in [2.05, 4.69) is 15.3 Å². The lowest BCUT2D eigenvalue weighted by atomic mass is 10.2. The highest BCUT2D eigenvalue weighted by molar-refractivity contribution is 5.53. The van der Waals surface area contributed by atoms with Crippen LogP contribution in [0.25, 0.3) is 0 Å². The Hall–Kier alpha value is -2.17. The standard InChI is InChI=1S/C11H10FN3O/c1-7-2-4-8(5-3-7)14-11-13-6-9(12)10(16)15-11/h2-6H,1H3,(H2,13,14,15,16). The summed E-state index contributed by atoms with van der Waals surface area (Å²) in [6.45, 7) is 1.97. The van der Waals surface area contributed by atoms with Crippen molar-refractivity contribution < 1.29 is 4.39 Å². The molecule has 1 aromatic heterocycles. The number of aryl methyl sites for hydroxylation is 1. The van der Waals surface area contributed by atoms with Crippen LogP contribution in [0.5, 0.6) is 0 Å². The van der Waals surface area contributed by atoms with E-state index in [9.17, 15) is 9.18 Å². The van der Waals surface area contributed by atoms with Gasteiger partial charge in [-0.25, -0.2) is 4.98 Å². The maximum atomic E-state index is 12.7. The van der Waals surface area contributed by atoms with Crippen molar-refractivity contribution in [3.8, 4) is 0 Å². The lowest BCUT2D eigenvalue weighted by molar-refractivity contribution is 0.601. The Balaban J connectivity index is 2.24. The average molecular weight is 219 g/mol. The van der Waals surface area contributed by atoms with E-state index in [1.807, 2.05) is 31.2 Å². The molecule has 16 heavy (non-hydrogen) atoms. The Morgan fingerprint density at radius 3 is 2.62 bits per heavy atom. The molecule has 2 N–H and O–H groups in total. The second kappa shape index (κ2) is 4.14. The molecule has 2 aromatic rings. The molecule has 0 fully saturated rings. The minimum Gasteiger partial charge on any atom is -0.326 e. The van der Waals surface area contributed by atoms with Crippen LogP contribution in [0.15, 0.2) is 35.3 Å². The second-order valence-corrected chi connectivity index (χ2v) is 3.40. The first-order valence-electron chi connectivity index (χ1n) is 4.73. The van der Waals surface area contributed by atoms with Gasteiger partial charge in [0.05, 0.1) is 6.20 Å². The van der Waals surface area contributed by atoms with E-state index in [1.165, 1.54) is 0 Å². The molecule has 1 aromatic carbocycles. The van der Waals surface area contributed by atoms with Crippen molar-refractivity contribution >= 4 is 11.6 Å². The molecule has 0 atom stereocenters. The number of anilines is 2. The van der Waals surface area contributed by atoms with Crippen LogP contribution in [0.1, 0.15) is 5.56 Å². The summed E-state index contributed by atoms with van der Waals surface area (Å²) in [5.74, 6) is -0.676. The molecular weight excluding hydrogens is 209 g/mol. The molecule has 4 nitrogen and oxygen atoms in total. The van der Waals surface area contributed by atoms with E-state index in [0.29, 0.717) is 0 Å². The van der Waals surface area contributed by atoms with Gasteiger partial charge in [0, 0.05) is 5.69 Å². The first kappa shape index (κ1) is 10.4. The highest BCUT2D eigenvalue weighted by atomic mass is 19.1. The first-order chi connectivity index (χ1) is 7.65. The predicted octanol–water partition coefficient (Wildman–Crippen LogP) is 1.96. The van der Waals surface area contributed by atoms with Crippen molar-refractivity contribution in [2.24, 2.45) is 0 Å². The van der Waals surface area contributed by atoms with Gasteiger partial charge in [-0.1, -0.05) is 17.7 Å². The van der Waals surface area contributed by atoms with Crippen molar-refractivity contribution in [2.75, 3.05) is 5.32 Å². The normalized spacial score (nSPS) is 10.1. The van der Waals surface area contributed by atoms with Crippen LogP contribution < -0.4 is 10.9 Å². The molecule has 82 valence electrons. The zero-order valence-corrected chi connectivity index (χ0v) is 8.62. The van der Waals surface area contributed by atoms with Crippen molar-refractivity contribution in [1.29, 1.82) is 0 Å². The fourth-order valence-corrected chi connectivity index (χ4v) is 1.22. The van der Waals surface area contributed by atoms with E-state index < -0.39 is 11.4 Å². The average Bonchev–Trinajstić information content (AvgIpc) is 2.27. The van der Waals surface area contributed by atoms with Crippen molar-refractivity contribution in [3.63, 3.8) is 0 Å². The zero-order chi connectivity index (χ0) is 11.5. The number of nitrogens with one attached hydrogen (secondary N) is 2. The highest BCUT2D eigenvalue weighted by Gasteiger charge is 2.00. The number of nitrogens with zero attached hydrogens (tertiary/aromatic N) is 1. The van der Waals surface area contributed by atoms with Gasteiger partial charge in [-0.2, -0.15) is 4.39 Å². The molecule has 0 unspecified atom stereocenters. The molecule has 0 saturated heterocycles. The maximum Gasteiger partial charge on any atom is 0.288 e. The minimum absolute atomic E-state index is 0.218. The van der Waals surface area contributed by atoms with Gasteiger partial charge < -0.3 is 5.32 Å². The molecule has 1 heterocycles. The van der Waals surface area contributed by atoms with Gasteiger partial charge in [0.25, 0.3) is 5.56 Å². The number of hydrogen-bond donors (Lipinski definition) is 2. The van der Waals surface area contributed by atoms with Crippen molar-refractivity contribution in [3.05, 3.63) is 52.2 Å². The van der Waals surface area contributed by atoms with Crippen LogP contribution in [0, 0.1) is 12.7 Å². The van der Waals surface area contributed by atoms with Gasteiger partial charge in [0.1, 0.15) is 0 Å². The third-order valence-corrected chi connectivity index (χ3v) is 2.07. The van der Waals surface area contributed by atoms with E-state index in [-0.39, 0.29) is 5.95 Å². The van der Waals surface area contributed by atoms with Crippen LogP contribution in [0.2, 0.25) is 0 Å². The van der Waals surface area contributed by atoms with Crippen molar-refractivity contribution in [1.82, 2.24) is 9.97 Å². The van der Waals surface area contributed by atoms with Gasteiger partial charge in [-0.3, -0.25) is 9.78 Å². The Kier molecular flexibility index (Phi) is 2.68. The predicted molar refractivity (Wildman–Crippen MR) is 59.3 cm³/mol. The monoisotopic (exact) mass is 219 g/mol. The summed E-state index contributed by atoms with van der Waals surface area (Å²) >= 11 is 0.